The standard InChI is InChI=1S/C9H14N4O3S/c1-4(7(14)15)5(2)10-8(16)12-9-11-6(3)13-17-9/h4-5H,1-3H3,(H,14,15)(H2,10,11,12,13,16). The zero-order valence-electron chi connectivity index (χ0n) is 9.72. The van der Waals surface area contributed by atoms with Crippen LogP contribution in [0.1, 0.15) is 19.7 Å². The van der Waals surface area contributed by atoms with Gasteiger partial charge in [0.05, 0.1) is 5.92 Å². The molecule has 0 spiro atoms. The summed E-state index contributed by atoms with van der Waals surface area (Å²) in [6.07, 6.45) is 0. The van der Waals surface area contributed by atoms with E-state index in [0.29, 0.717) is 11.0 Å². The van der Waals surface area contributed by atoms with Gasteiger partial charge in [-0.05, 0) is 20.8 Å². The van der Waals surface area contributed by atoms with Crippen molar-refractivity contribution >= 4 is 28.7 Å². The number of carboxylic acid groups (broad SMARTS) is 1. The van der Waals surface area contributed by atoms with Gasteiger partial charge in [-0.15, -0.1) is 0 Å². The van der Waals surface area contributed by atoms with Gasteiger partial charge in [-0.1, -0.05) is 0 Å². The summed E-state index contributed by atoms with van der Waals surface area (Å²) in [6, 6.07) is -0.955. The van der Waals surface area contributed by atoms with Crippen molar-refractivity contribution in [2.24, 2.45) is 5.92 Å². The van der Waals surface area contributed by atoms with Crippen LogP contribution in [0.5, 0.6) is 0 Å². The highest BCUT2D eigenvalue weighted by Gasteiger charge is 2.21. The molecule has 2 unspecified atom stereocenters. The Morgan fingerprint density at radius 2 is 2.06 bits per heavy atom. The Kier molecular flexibility index (Phi) is 4.38. The molecular formula is C9H14N4O3S. The Balaban J connectivity index is 2.47. The molecule has 1 aromatic rings. The molecule has 1 heterocycles. The molecule has 0 bridgehead atoms. The number of aryl methyl sites for hydroxylation is 1. The van der Waals surface area contributed by atoms with E-state index >= 15 is 0 Å². The quantitative estimate of drug-likeness (QED) is 0.749. The molecule has 7 nitrogen and oxygen atoms in total. The van der Waals surface area contributed by atoms with E-state index in [1.165, 1.54) is 6.92 Å². The Morgan fingerprint density at radius 1 is 1.41 bits per heavy atom. The van der Waals surface area contributed by atoms with Gasteiger partial charge in [0.2, 0.25) is 5.13 Å². The predicted molar refractivity (Wildman–Crippen MR) is 63.1 cm³/mol. The van der Waals surface area contributed by atoms with E-state index in [9.17, 15) is 9.59 Å². The van der Waals surface area contributed by atoms with Crippen molar-refractivity contribution in [1.29, 1.82) is 0 Å². The highest BCUT2D eigenvalue weighted by molar-refractivity contribution is 7.09. The van der Waals surface area contributed by atoms with Crippen molar-refractivity contribution in [3.8, 4) is 0 Å². The number of carboxylic acids is 1. The SMILES string of the molecule is Cc1nsc(NC(=O)NC(C)C(C)C(=O)O)n1. The number of carbonyl (C=O) groups excluding carboxylic acids is 1. The smallest absolute Gasteiger partial charge is 0.321 e. The first-order valence-electron chi connectivity index (χ1n) is 5.00. The number of hydrogen-bond acceptors (Lipinski definition) is 5. The van der Waals surface area contributed by atoms with Gasteiger partial charge in [-0.3, -0.25) is 10.1 Å². The zero-order valence-corrected chi connectivity index (χ0v) is 10.5. The van der Waals surface area contributed by atoms with Crippen LogP contribution >= 0.6 is 11.5 Å². The van der Waals surface area contributed by atoms with E-state index in [1.807, 2.05) is 0 Å². The van der Waals surface area contributed by atoms with E-state index in [-0.39, 0.29) is 0 Å². The Morgan fingerprint density at radius 3 is 2.53 bits per heavy atom. The van der Waals surface area contributed by atoms with E-state index in [1.54, 1.807) is 13.8 Å². The van der Waals surface area contributed by atoms with Crippen LogP contribution in [0.3, 0.4) is 0 Å². The van der Waals surface area contributed by atoms with Crippen LogP contribution in [-0.2, 0) is 4.79 Å². The molecule has 0 radical (unpaired) electrons. The number of amides is 2. The van der Waals surface area contributed by atoms with Crippen LogP contribution in [0.25, 0.3) is 0 Å². The molecule has 3 N–H and O–H groups in total. The molecule has 0 aliphatic carbocycles. The van der Waals surface area contributed by atoms with E-state index < -0.39 is 24.0 Å². The minimum atomic E-state index is -0.954. The summed E-state index contributed by atoms with van der Waals surface area (Å²) in [4.78, 5) is 26.1. The third-order valence-electron chi connectivity index (χ3n) is 2.25. The van der Waals surface area contributed by atoms with Gasteiger partial charge in [-0.25, -0.2) is 9.78 Å². The minimum absolute atomic E-state index is 0.384. The third kappa shape index (κ3) is 3.99. The lowest BCUT2D eigenvalue weighted by atomic mass is 10.0. The molecule has 94 valence electrons. The van der Waals surface area contributed by atoms with Crippen LogP contribution in [0.2, 0.25) is 0 Å². The summed E-state index contributed by atoms with van der Waals surface area (Å²) in [7, 11) is 0. The van der Waals surface area contributed by atoms with Crippen LogP contribution in [0.15, 0.2) is 0 Å². The van der Waals surface area contributed by atoms with Crippen molar-refractivity contribution in [3.63, 3.8) is 0 Å². The largest absolute Gasteiger partial charge is 0.481 e. The molecule has 0 aliphatic heterocycles. The molecule has 8 heteroatoms. The second-order valence-corrected chi connectivity index (χ2v) is 4.41. The lowest BCUT2D eigenvalue weighted by molar-refractivity contribution is -0.141. The van der Waals surface area contributed by atoms with Gasteiger partial charge >= 0.3 is 12.0 Å². The Hall–Kier alpha value is -1.70. The van der Waals surface area contributed by atoms with Crippen LogP contribution in [0.4, 0.5) is 9.93 Å². The maximum absolute atomic E-state index is 11.5. The number of aliphatic carboxylic acids is 1. The fraction of sp³-hybridized carbons (Fsp3) is 0.556. The predicted octanol–water partition coefficient (Wildman–Crippen LogP) is 1.08. The second-order valence-electron chi connectivity index (χ2n) is 3.66. The summed E-state index contributed by atoms with van der Waals surface area (Å²) in [5.41, 5.74) is 0. The van der Waals surface area contributed by atoms with Crippen molar-refractivity contribution in [1.82, 2.24) is 14.7 Å². The third-order valence-corrected chi connectivity index (χ3v) is 2.97. The first-order valence-corrected chi connectivity index (χ1v) is 5.78. The van der Waals surface area contributed by atoms with Gasteiger partial charge < -0.3 is 10.4 Å². The minimum Gasteiger partial charge on any atom is -0.481 e. The van der Waals surface area contributed by atoms with Gasteiger partial charge in [0.25, 0.3) is 0 Å². The average Bonchev–Trinajstić information content (AvgIpc) is 2.62. The average molecular weight is 258 g/mol. The van der Waals surface area contributed by atoms with Crippen molar-refractivity contribution < 1.29 is 14.7 Å². The van der Waals surface area contributed by atoms with Crippen molar-refractivity contribution in [3.05, 3.63) is 5.82 Å². The normalized spacial score (nSPS) is 13.8. The summed E-state index contributed by atoms with van der Waals surface area (Å²) in [5, 5.41) is 14.2. The second kappa shape index (κ2) is 5.58. The highest BCUT2D eigenvalue weighted by Crippen LogP contribution is 2.10. The molecule has 0 fully saturated rings. The Labute approximate surface area is 102 Å². The van der Waals surface area contributed by atoms with Gasteiger partial charge in [0, 0.05) is 17.6 Å². The van der Waals surface area contributed by atoms with E-state index in [2.05, 4.69) is 20.0 Å². The topological polar surface area (TPSA) is 104 Å². The summed E-state index contributed by atoms with van der Waals surface area (Å²) >= 11 is 1.07. The summed E-state index contributed by atoms with van der Waals surface area (Å²) in [6.45, 7) is 4.88. The lowest BCUT2D eigenvalue weighted by Gasteiger charge is -2.17. The molecule has 0 saturated heterocycles. The molecule has 2 amide bonds. The maximum Gasteiger partial charge on any atom is 0.321 e. The molecule has 0 aromatic carbocycles. The van der Waals surface area contributed by atoms with E-state index in [0.717, 1.165) is 11.5 Å². The van der Waals surface area contributed by atoms with Crippen LogP contribution in [0, 0.1) is 12.8 Å². The summed E-state index contributed by atoms with van der Waals surface area (Å²) < 4.78 is 3.91. The van der Waals surface area contributed by atoms with Gasteiger partial charge in [-0.2, -0.15) is 4.37 Å². The highest BCUT2D eigenvalue weighted by atomic mass is 32.1. The molecule has 2 atom stereocenters. The van der Waals surface area contributed by atoms with Crippen molar-refractivity contribution in [2.75, 3.05) is 5.32 Å². The first-order chi connectivity index (χ1) is 7.90. The zero-order chi connectivity index (χ0) is 13.0. The molecule has 1 aromatic heterocycles. The number of aromatic nitrogens is 2. The van der Waals surface area contributed by atoms with Crippen LogP contribution < -0.4 is 10.6 Å². The fourth-order valence-electron chi connectivity index (χ4n) is 1.03. The van der Waals surface area contributed by atoms with Crippen LogP contribution in [-0.4, -0.2) is 32.5 Å². The number of nitrogens with one attached hydrogen (secondary N) is 2. The maximum atomic E-state index is 11.5. The summed E-state index contributed by atoms with van der Waals surface area (Å²) in [5.74, 6) is -1.03. The number of urea groups is 1. The van der Waals surface area contributed by atoms with E-state index in [4.69, 9.17) is 5.11 Å². The lowest BCUT2D eigenvalue weighted by Crippen LogP contribution is -2.42. The number of anilines is 1. The number of nitrogens with zero attached hydrogens (tertiary/aromatic N) is 2. The molecule has 0 saturated carbocycles. The monoisotopic (exact) mass is 258 g/mol. The number of rotatable bonds is 4. The number of hydrogen-bond donors (Lipinski definition) is 3. The molecule has 0 aliphatic rings. The number of carbonyl (C=O) groups is 2. The van der Waals surface area contributed by atoms with Gasteiger partial charge in [0.1, 0.15) is 5.82 Å². The molecular weight excluding hydrogens is 244 g/mol. The first kappa shape index (κ1) is 13.4. The molecule has 1 rings (SSSR count). The molecule has 17 heavy (non-hydrogen) atoms. The Bertz CT molecular complexity index is 420. The van der Waals surface area contributed by atoms with Gasteiger partial charge in [0.15, 0.2) is 0 Å². The van der Waals surface area contributed by atoms with Crippen molar-refractivity contribution in [2.45, 2.75) is 26.8 Å². The fourth-order valence-corrected chi connectivity index (χ4v) is 1.60.